The SMILES string of the molecule is Fc1ccc(C(c2ccccc2)N2CCN(C/C=C/C3=CCCC=C3)CC2)cc1. The number of rotatable bonds is 6. The standard InChI is InChI=1S/C26H29FN2/c27-25-15-13-24(14-16-25)26(23-11-5-2-6-12-23)29-20-18-28(19-21-29)17-7-10-22-8-3-1-4-9-22/h2-3,5-16,26H,1,4,17-21H2/b10-7+. The van der Waals surface area contributed by atoms with Gasteiger partial charge in [-0.05, 0) is 41.7 Å². The predicted molar refractivity (Wildman–Crippen MR) is 118 cm³/mol. The van der Waals surface area contributed by atoms with Crippen molar-refractivity contribution in [2.24, 2.45) is 0 Å². The van der Waals surface area contributed by atoms with Crippen LogP contribution < -0.4 is 0 Å². The lowest BCUT2D eigenvalue weighted by molar-refractivity contribution is 0.117. The summed E-state index contributed by atoms with van der Waals surface area (Å²) in [6, 6.07) is 17.7. The summed E-state index contributed by atoms with van der Waals surface area (Å²) in [5.41, 5.74) is 3.75. The second-order valence-corrected chi connectivity index (χ2v) is 7.79. The minimum absolute atomic E-state index is 0.173. The van der Waals surface area contributed by atoms with Crippen molar-refractivity contribution in [2.75, 3.05) is 32.7 Å². The zero-order valence-electron chi connectivity index (χ0n) is 16.9. The molecule has 0 radical (unpaired) electrons. The molecule has 0 bridgehead atoms. The van der Waals surface area contributed by atoms with Gasteiger partial charge in [0.15, 0.2) is 0 Å². The topological polar surface area (TPSA) is 6.48 Å². The van der Waals surface area contributed by atoms with Crippen LogP contribution in [0, 0.1) is 5.82 Å². The van der Waals surface area contributed by atoms with Gasteiger partial charge in [0.05, 0.1) is 6.04 Å². The van der Waals surface area contributed by atoms with E-state index in [0.29, 0.717) is 0 Å². The molecule has 1 fully saturated rings. The monoisotopic (exact) mass is 388 g/mol. The smallest absolute Gasteiger partial charge is 0.123 e. The van der Waals surface area contributed by atoms with E-state index in [0.717, 1.165) is 51.1 Å². The first-order valence-corrected chi connectivity index (χ1v) is 10.6. The largest absolute Gasteiger partial charge is 0.297 e. The van der Waals surface area contributed by atoms with E-state index in [2.05, 4.69) is 64.4 Å². The third-order valence-corrected chi connectivity index (χ3v) is 5.77. The number of benzene rings is 2. The van der Waals surface area contributed by atoms with E-state index in [9.17, 15) is 4.39 Å². The molecule has 1 aliphatic heterocycles. The van der Waals surface area contributed by atoms with Crippen LogP contribution in [0.2, 0.25) is 0 Å². The average Bonchev–Trinajstić information content (AvgIpc) is 2.78. The van der Waals surface area contributed by atoms with Gasteiger partial charge in [-0.2, -0.15) is 0 Å². The first-order chi connectivity index (χ1) is 14.3. The number of piperazine rings is 1. The molecule has 1 unspecified atom stereocenters. The fourth-order valence-electron chi connectivity index (χ4n) is 4.19. The van der Waals surface area contributed by atoms with Crippen LogP contribution in [-0.2, 0) is 0 Å². The molecule has 1 heterocycles. The number of nitrogens with zero attached hydrogens (tertiary/aromatic N) is 2. The summed E-state index contributed by atoms with van der Waals surface area (Å²) in [5, 5.41) is 0. The molecule has 2 aromatic carbocycles. The van der Waals surface area contributed by atoms with Gasteiger partial charge in [0.25, 0.3) is 0 Å². The molecule has 1 aliphatic carbocycles. The number of hydrogen-bond donors (Lipinski definition) is 0. The second kappa shape index (κ2) is 9.82. The van der Waals surface area contributed by atoms with Gasteiger partial charge in [-0.25, -0.2) is 4.39 Å². The molecular weight excluding hydrogens is 359 g/mol. The molecule has 4 rings (SSSR count). The Balaban J connectivity index is 1.40. The molecule has 0 amide bonds. The van der Waals surface area contributed by atoms with Crippen LogP contribution in [0.25, 0.3) is 0 Å². The van der Waals surface area contributed by atoms with Crippen molar-refractivity contribution in [2.45, 2.75) is 18.9 Å². The van der Waals surface area contributed by atoms with Gasteiger partial charge < -0.3 is 0 Å². The van der Waals surface area contributed by atoms with E-state index in [1.54, 1.807) is 12.1 Å². The molecule has 0 spiro atoms. The molecule has 1 atom stereocenters. The molecule has 0 saturated carbocycles. The van der Waals surface area contributed by atoms with Crippen LogP contribution in [0.15, 0.2) is 90.6 Å². The van der Waals surface area contributed by atoms with Crippen molar-refractivity contribution in [1.82, 2.24) is 9.80 Å². The minimum atomic E-state index is -0.180. The van der Waals surface area contributed by atoms with Crippen molar-refractivity contribution >= 4 is 0 Å². The molecule has 150 valence electrons. The van der Waals surface area contributed by atoms with Crippen molar-refractivity contribution in [3.8, 4) is 0 Å². The molecule has 29 heavy (non-hydrogen) atoms. The van der Waals surface area contributed by atoms with Crippen LogP contribution in [0.4, 0.5) is 4.39 Å². The Morgan fingerprint density at radius 2 is 1.59 bits per heavy atom. The van der Waals surface area contributed by atoms with Gasteiger partial charge in [-0.3, -0.25) is 9.80 Å². The lowest BCUT2D eigenvalue weighted by Gasteiger charge is -2.39. The highest BCUT2D eigenvalue weighted by molar-refractivity contribution is 5.33. The highest BCUT2D eigenvalue weighted by atomic mass is 19.1. The fourth-order valence-corrected chi connectivity index (χ4v) is 4.19. The maximum Gasteiger partial charge on any atom is 0.123 e. The lowest BCUT2D eigenvalue weighted by atomic mass is 9.96. The highest BCUT2D eigenvalue weighted by Gasteiger charge is 2.26. The van der Waals surface area contributed by atoms with Gasteiger partial charge in [0.2, 0.25) is 0 Å². The summed E-state index contributed by atoms with van der Waals surface area (Å²) in [5.74, 6) is -0.180. The second-order valence-electron chi connectivity index (χ2n) is 7.79. The Bertz CT molecular complexity index is 859. The zero-order valence-corrected chi connectivity index (χ0v) is 16.9. The Hall–Kier alpha value is -2.49. The summed E-state index contributed by atoms with van der Waals surface area (Å²) in [6.45, 7) is 5.10. The van der Waals surface area contributed by atoms with E-state index in [1.165, 1.54) is 11.1 Å². The van der Waals surface area contributed by atoms with Crippen molar-refractivity contribution in [1.29, 1.82) is 0 Å². The molecule has 3 heteroatoms. The van der Waals surface area contributed by atoms with Crippen LogP contribution in [-0.4, -0.2) is 42.5 Å². The van der Waals surface area contributed by atoms with E-state index in [1.807, 2.05) is 18.2 Å². The number of halogens is 1. The fraction of sp³-hybridized carbons (Fsp3) is 0.308. The first kappa shape index (κ1) is 19.8. The third kappa shape index (κ3) is 5.31. The third-order valence-electron chi connectivity index (χ3n) is 5.77. The van der Waals surface area contributed by atoms with E-state index >= 15 is 0 Å². The molecular formula is C26H29FN2. The molecule has 1 saturated heterocycles. The molecule has 2 aliphatic rings. The minimum Gasteiger partial charge on any atom is -0.297 e. The number of hydrogen-bond acceptors (Lipinski definition) is 2. The van der Waals surface area contributed by atoms with Gasteiger partial charge in [-0.1, -0.05) is 72.8 Å². The summed E-state index contributed by atoms with van der Waals surface area (Å²) < 4.78 is 13.5. The van der Waals surface area contributed by atoms with Crippen molar-refractivity contribution in [3.63, 3.8) is 0 Å². The quantitative estimate of drug-likeness (QED) is 0.657. The van der Waals surface area contributed by atoms with E-state index in [4.69, 9.17) is 0 Å². The highest BCUT2D eigenvalue weighted by Crippen LogP contribution is 2.29. The Kier molecular flexibility index (Phi) is 6.71. The van der Waals surface area contributed by atoms with Crippen molar-refractivity contribution < 1.29 is 4.39 Å². The van der Waals surface area contributed by atoms with E-state index < -0.39 is 0 Å². The summed E-state index contributed by atoms with van der Waals surface area (Å²) in [6.07, 6.45) is 13.6. The van der Waals surface area contributed by atoms with Crippen molar-refractivity contribution in [3.05, 3.63) is 107 Å². The summed E-state index contributed by atoms with van der Waals surface area (Å²) in [7, 11) is 0. The first-order valence-electron chi connectivity index (χ1n) is 10.6. The lowest BCUT2D eigenvalue weighted by Crippen LogP contribution is -2.47. The van der Waals surface area contributed by atoms with Gasteiger partial charge in [-0.15, -0.1) is 0 Å². The predicted octanol–water partition coefficient (Wildman–Crippen LogP) is 5.37. The Morgan fingerprint density at radius 3 is 2.28 bits per heavy atom. The van der Waals surface area contributed by atoms with Crippen LogP contribution in [0.5, 0.6) is 0 Å². The maximum atomic E-state index is 13.5. The zero-order chi connectivity index (χ0) is 19.9. The maximum absolute atomic E-state index is 13.5. The Morgan fingerprint density at radius 1 is 0.862 bits per heavy atom. The molecule has 2 nitrogen and oxygen atoms in total. The molecule has 2 aromatic rings. The number of allylic oxidation sites excluding steroid dienone is 5. The van der Waals surface area contributed by atoms with Crippen LogP contribution in [0.1, 0.15) is 30.0 Å². The average molecular weight is 389 g/mol. The molecule has 0 aromatic heterocycles. The van der Waals surface area contributed by atoms with Crippen LogP contribution in [0.3, 0.4) is 0 Å². The van der Waals surface area contributed by atoms with E-state index in [-0.39, 0.29) is 11.9 Å². The summed E-state index contributed by atoms with van der Waals surface area (Å²) >= 11 is 0. The van der Waals surface area contributed by atoms with Gasteiger partial charge in [0.1, 0.15) is 5.82 Å². The summed E-state index contributed by atoms with van der Waals surface area (Å²) in [4.78, 5) is 5.03. The van der Waals surface area contributed by atoms with Gasteiger partial charge >= 0.3 is 0 Å². The molecule has 0 N–H and O–H groups in total. The van der Waals surface area contributed by atoms with Gasteiger partial charge in [0, 0.05) is 32.7 Å². The normalized spacial score (nSPS) is 19.4. The Labute approximate surface area is 173 Å². The van der Waals surface area contributed by atoms with Crippen LogP contribution >= 0.6 is 0 Å².